The van der Waals surface area contributed by atoms with Crippen molar-refractivity contribution in [2.24, 2.45) is 0 Å². The average Bonchev–Trinajstić information content (AvgIpc) is 3.58. The van der Waals surface area contributed by atoms with Crippen molar-refractivity contribution in [2.75, 3.05) is 13.1 Å². The van der Waals surface area contributed by atoms with E-state index >= 15 is 0 Å². The van der Waals surface area contributed by atoms with Gasteiger partial charge in [-0.3, -0.25) is 4.79 Å². The molecule has 2 aromatic rings. The summed E-state index contributed by atoms with van der Waals surface area (Å²) in [4.78, 5) is 14.2. The first-order valence-corrected chi connectivity index (χ1v) is 9.36. The highest BCUT2D eigenvalue weighted by Crippen LogP contribution is 2.33. The lowest BCUT2D eigenvalue weighted by atomic mass is 9.93. The van der Waals surface area contributed by atoms with Gasteiger partial charge in [-0.1, -0.05) is 36.4 Å². The Kier molecular flexibility index (Phi) is 5.41. The van der Waals surface area contributed by atoms with E-state index in [1.807, 2.05) is 30.3 Å². The fourth-order valence-corrected chi connectivity index (χ4v) is 3.19. The van der Waals surface area contributed by atoms with Gasteiger partial charge in [0.05, 0.1) is 13.2 Å². The van der Waals surface area contributed by atoms with Gasteiger partial charge in [0.2, 0.25) is 6.29 Å². The zero-order valence-electron chi connectivity index (χ0n) is 15.4. The molecule has 1 N–H and O–H groups in total. The zero-order valence-corrected chi connectivity index (χ0v) is 15.4. The predicted octanol–water partition coefficient (Wildman–Crippen LogP) is 3.09. The summed E-state index contributed by atoms with van der Waals surface area (Å²) in [6.07, 6.45) is 1.78. The predicted molar refractivity (Wildman–Crippen MR) is 100 cm³/mol. The van der Waals surface area contributed by atoms with Gasteiger partial charge in [0.25, 0.3) is 5.91 Å². The van der Waals surface area contributed by atoms with Gasteiger partial charge < -0.3 is 19.5 Å². The van der Waals surface area contributed by atoms with Crippen molar-refractivity contribution in [1.29, 1.82) is 0 Å². The maximum absolute atomic E-state index is 13.3. The summed E-state index contributed by atoms with van der Waals surface area (Å²) in [5.74, 6) is -0.222. The quantitative estimate of drug-likeness (QED) is 0.779. The highest BCUT2D eigenvalue weighted by atomic mass is 19.1. The van der Waals surface area contributed by atoms with Crippen molar-refractivity contribution >= 4 is 5.91 Å². The Hall–Kier alpha value is -2.70. The number of halogens is 1. The summed E-state index contributed by atoms with van der Waals surface area (Å²) < 4.78 is 25.0. The minimum absolute atomic E-state index is 0.00100. The third-order valence-electron chi connectivity index (χ3n) is 4.94. The number of aliphatic hydroxyl groups excluding tert-OH is 1. The minimum atomic E-state index is -0.573. The van der Waals surface area contributed by atoms with Crippen LogP contribution in [0.25, 0.3) is 0 Å². The summed E-state index contributed by atoms with van der Waals surface area (Å²) >= 11 is 0. The van der Waals surface area contributed by atoms with Crippen molar-refractivity contribution in [3.05, 3.63) is 82.9 Å². The number of carbonyl (C=O) groups excluding carboxylic acids is 1. The molecular formula is C22H22FNO4. The number of hydrogen-bond acceptors (Lipinski definition) is 4. The Bertz CT molecular complexity index is 859. The monoisotopic (exact) mass is 383 g/mol. The van der Waals surface area contributed by atoms with Crippen LogP contribution in [0.5, 0.6) is 0 Å². The summed E-state index contributed by atoms with van der Waals surface area (Å²) in [7, 11) is 0. The van der Waals surface area contributed by atoms with Crippen LogP contribution in [0, 0.1) is 5.82 Å². The SMILES string of the molecule is O=C(C1=C[C@H](c2ccc(F)cc2)C[C@H](OCc2ccc(CO)cc2)O1)N1CC1. The normalized spacial score (nSPS) is 21.1. The van der Waals surface area contributed by atoms with Crippen LogP contribution < -0.4 is 0 Å². The van der Waals surface area contributed by atoms with Gasteiger partial charge in [-0.15, -0.1) is 0 Å². The molecule has 0 unspecified atom stereocenters. The number of ether oxygens (including phenoxy) is 2. The number of carbonyl (C=O) groups is 1. The number of allylic oxidation sites excluding steroid dienone is 1. The Morgan fingerprint density at radius 1 is 1.11 bits per heavy atom. The van der Waals surface area contributed by atoms with E-state index in [1.165, 1.54) is 12.1 Å². The highest BCUT2D eigenvalue weighted by Gasteiger charge is 2.34. The van der Waals surface area contributed by atoms with Crippen LogP contribution in [-0.2, 0) is 27.5 Å². The van der Waals surface area contributed by atoms with Gasteiger partial charge in [0.15, 0.2) is 5.76 Å². The Balaban J connectivity index is 1.48. The minimum Gasteiger partial charge on any atom is -0.459 e. The lowest BCUT2D eigenvalue weighted by molar-refractivity contribution is -0.152. The van der Waals surface area contributed by atoms with Gasteiger partial charge >= 0.3 is 0 Å². The largest absolute Gasteiger partial charge is 0.459 e. The maximum Gasteiger partial charge on any atom is 0.288 e. The molecule has 2 aromatic carbocycles. The van der Waals surface area contributed by atoms with Gasteiger partial charge in [-0.2, -0.15) is 0 Å². The molecule has 2 aliphatic rings. The van der Waals surface area contributed by atoms with E-state index in [0.29, 0.717) is 18.8 Å². The summed E-state index contributed by atoms with van der Waals surface area (Å²) in [5, 5.41) is 9.13. The highest BCUT2D eigenvalue weighted by molar-refractivity contribution is 5.93. The molecule has 6 heteroatoms. The summed E-state index contributed by atoms with van der Waals surface area (Å²) in [6, 6.07) is 13.8. The molecule has 1 amide bonds. The van der Waals surface area contributed by atoms with E-state index < -0.39 is 6.29 Å². The lowest BCUT2D eigenvalue weighted by Crippen LogP contribution is -2.29. The topological polar surface area (TPSA) is 58.8 Å². The molecule has 5 nitrogen and oxygen atoms in total. The van der Waals surface area contributed by atoms with E-state index in [4.69, 9.17) is 14.6 Å². The van der Waals surface area contributed by atoms with Crippen molar-refractivity contribution < 1.29 is 23.8 Å². The van der Waals surface area contributed by atoms with E-state index in [0.717, 1.165) is 29.8 Å². The second-order valence-corrected chi connectivity index (χ2v) is 7.05. The summed E-state index contributed by atoms with van der Waals surface area (Å²) in [6.45, 7) is 1.81. The smallest absolute Gasteiger partial charge is 0.288 e. The number of benzene rings is 2. The van der Waals surface area contributed by atoms with Gasteiger partial charge in [-0.05, 0) is 34.9 Å². The molecule has 0 aliphatic carbocycles. The molecule has 28 heavy (non-hydrogen) atoms. The third-order valence-corrected chi connectivity index (χ3v) is 4.94. The molecule has 0 spiro atoms. The number of rotatable bonds is 6. The first kappa shape index (κ1) is 18.7. The van der Waals surface area contributed by atoms with Gasteiger partial charge in [0, 0.05) is 25.4 Å². The Labute approximate surface area is 163 Å². The molecule has 0 saturated carbocycles. The fourth-order valence-electron chi connectivity index (χ4n) is 3.19. The molecule has 4 rings (SSSR count). The standard InChI is InChI=1S/C22H22FNO4/c23-19-7-5-17(6-8-19)18-11-20(22(26)24-9-10-24)28-21(12-18)27-14-16-3-1-15(13-25)2-4-16/h1-8,11,18,21,25H,9-10,12-14H2/t18-,21+/m0/s1. The van der Waals surface area contributed by atoms with Crippen LogP contribution in [0.2, 0.25) is 0 Å². The second kappa shape index (κ2) is 8.12. The molecule has 0 aromatic heterocycles. The molecule has 0 bridgehead atoms. The first-order chi connectivity index (χ1) is 13.6. The van der Waals surface area contributed by atoms with E-state index in [9.17, 15) is 9.18 Å². The van der Waals surface area contributed by atoms with Crippen molar-refractivity contribution in [2.45, 2.75) is 31.8 Å². The fraction of sp³-hybridized carbons (Fsp3) is 0.318. The molecule has 1 fully saturated rings. The zero-order chi connectivity index (χ0) is 19.5. The third kappa shape index (κ3) is 4.40. The molecule has 2 atom stereocenters. The van der Waals surface area contributed by atoms with Crippen LogP contribution >= 0.6 is 0 Å². The second-order valence-electron chi connectivity index (χ2n) is 7.05. The van der Waals surface area contributed by atoms with Crippen molar-refractivity contribution in [1.82, 2.24) is 4.90 Å². The number of amides is 1. The van der Waals surface area contributed by atoms with Gasteiger partial charge in [0.1, 0.15) is 5.82 Å². The number of hydrogen-bond donors (Lipinski definition) is 1. The first-order valence-electron chi connectivity index (χ1n) is 9.36. The van der Waals surface area contributed by atoms with Crippen molar-refractivity contribution in [3.63, 3.8) is 0 Å². The lowest BCUT2D eigenvalue weighted by Gasteiger charge is -2.29. The molecule has 2 aliphatic heterocycles. The molecule has 1 saturated heterocycles. The van der Waals surface area contributed by atoms with Crippen LogP contribution in [0.4, 0.5) is 4.39 Å². The average molecular weight is 383 g/mol. The van der Waals surface area contributed by atoms with Gasteiger partial charge in [-0.25, -0.2) is 4.39 Å². The number of aliphatic hydroxyl groups is 1. The van der Waals surface area contributed by atoms with E-state index in [2.05, 4.69) is 0 Å². The van der Waals surface area contributed by atoms with Crippen LogP contribution in [0.15, 0.2) is 60.4 Å². The Morgan fingerprint density at radius 3 is 2.43 bits per heavy atom. The molecule has 2 heterocycles. The maximum atomic E-state index is 13.3. The molecule has 146 valence electrons. The van der Waals surface area contributed by atoms with Crippen molar-refractivity contribution in [3.8, 4) is 0 Å². The molecular weight excluding hydrogens is 361 g/mol. The van der Waals surface area contributed by atoms with E-state index in [1.54, 1.807) is 17.0 Å². The number of nitrogens with zero attached hydrogens (tertiary/aromatic N) is 1. The summed E-state index contributed by atoms with van der Waals surface area (Å²) in [5.41, 5.74) is 2.71. The molecule has 0 radical (unpaired) electrons. The Morgan fingerprint density at radius 2 is 1.79 bits per heavy atom. The van der Waals surface area contributed by atoms with Crippen LogP contribution in [0.3, 0.4) is 0 Å². The van der Waals surface area contributed by atoms with Crippen LogP contribution in [0.1, 0.15) is 29.0 Å². The van der Waals surface area contributed by atoms with Crippen LogP contribution in [-0.4, -0.2) is 35.3 Å². The van der Waals surface area contributed by atoms with E-state index in [-0.39, 0.29) is 24.2 Å².